The number of aliphatic hydroxyl groups is 1. The number of ether oxygens (including phenoxy) is 2. The normalized spacial score (nSPS) is 17.9. The molecule has 1 amide bonds. The van der Waals surface area contributed by atoms with Crippen molar-refractivity contribution in [3.63, 3.8) is 0 Å². The molecule has 1 aliphatic rings. The molecule has 0 spiro atoms. The summed E-state index contributed by atoms with van der Waals surface area (Å²) in [4.78, 5) is 21.4. The van der Waals surface area contributed by atoms with Gasteiger partial charge in [-0.25, -0.2) is 22.5 Å². The lowest BCUT2D eigenvalue weighted by atomic mass is 9.89. The molecule has 0 unspecified atom stereocenters. The molecule has 1 aliphatic heterocycles. The molecule has 0 saturated carbocycles. The Kier molecular flexibility index (Phi) is 7.76. The van der Waals surface area contributed by atoms with Crippen molar-refractivity contribution in [2.45, 2.75) is 24.2 Å². The molecule has 15 heteroatoms. The van der Waals surface area contributed by atoms with E-state index in [1.54, 1.807) is 12.1 Å². The van der Waals surface area contributed by atoms with Crippen LogP contribution in [0.25, 0.3) is 22.2 Å². The van der Waals surface area contributed by atoms with Crippen LogP contribution in [0.5, 0.6) is 11.5 Å². The summed E-state index contributed by atoms with van der Waals surface area (Å²) < 4.78 is 95.5. The SMILES string of the molecule is COc1cc(C(=O)NC[C@](O)(c2cc3c(c(-c4ccc(F)cc4)n2)OC[C@]3(C)NS(C)(=O)=O)C(F)(F)F)cc2cccnc12. The topological polar surface area (TPSA) is 140 Å². The molecule has 0 fully saturated rings. The van der Waals surface area contributed by atoms with E-state index in [9.17, 15) is 35.9 Å². The highest BCUT2D eigenvalue weighted by molar-refractivity contribution is 7.88. The maximum atomic E-state index is 14.7. The van der Waals surface area contributed by atoms with Gasteiger partial charge in [-0.1, -0.05) is 6.07 Å². The van der Waals surface area contributed by atoms with Crippen LogP contribution in [0.1, 0.15) is 28.5 Å². The van der Waals surface area contributed by atoms with E-state index in [1.165, 1.54) is 44.5 Å². The maximum absolute atomic E-state index is 14.7. The second-order valence-electron chi connectivity index (χ2n) is 10.5. The second-order valence-corrected chi connectivity index (χ2v) is 12.3. The van der Waals surface area contributed by atoms with Crippen LogP contribution >= 0.6 is 0 Å². The fourth-order valence-electron chi connectivity index (χ4n) is 4.98. The molecule has 4 aromatic rings. The zero-order chi connectivity index (χ0) is 32.1. The summed E-state index contributed by atoms with van der Waals surface area (Å²) in [6.45, 7) is -0.280. The van der Waals surface area contributed by atoms with Crippen molar-refractivity contribution in [1.82, 2.24) is 20.0 Å². The van der Waals surface area contributed by atoms with Crippen molar-refractivity contribution in [2.75, 3.05) is 26.5 Å². The number of halogens is 4. The average Bonchev–Trinajstić information content (AvgIpc) is 3.28. The molecule has 2 atom stereocenters. The standard InChI is InChI=1S/C29H26F4N4O6S/c1-27(37-44(3,40)41)15-43-25-20(27)13-22(36-24(25)16-6-8-19(30)9-7-16)28(39,29(31,32)33)14-35-26(38)18-11-17-5-4-10-34-23(17)21(12-18)42-2/h4-13,37,39H,14-15H2,1-3H3,(H,35,38)/t27-,28-/m0/s1. The molecule has 3 heterocycles. The molecular formula is C29H26F4N4O6S. The molecule has 44 heavy (non-hydrogen) atoms. The molecular weight excluding hydrogens is 608 g/mol. The number of aromatic nitrogens is 2. The molecule has 0 bridgehead atoms. The van der Waals surface area contributed by atoms with Crippen molar-refractivity contribution >= 4 is 26.8 Å². The van der Waals surface area contributed by atoms with E-state index < -0.39 is 51.3 Å². The summed E-state index contributed by atoms with van der Waals surface area (Å²) in [5.74, 6) is -1.42. The van der Waals surface area contributed by atoms with E-state index >= 15 is 0 Å². The number of pyridine rings is 2. The Morgan fingerprint density at radius 2 is 1.86 bits per heavy atom. The third-order valence-electron chi connectivity index (χ3n) is 7.15. The van der Waals surface area contributed by atoms with Gasteiger partial charge in [0.15, 0.2) is 5.75 Å². The Morgan fingerprint density at radius 1 is 1.16 bits per heavy atom. The predicted octanol–water partition coefficient (Wildman–Crippen LogP) is 3.78. The first-order valence-electron chi connectivity index (χ1n) is 13.0. The Labute approximate surface area is 249 Å². The molecule has 2 aromatic carbocycles. The van der Waals surface area contributed by atoms with Gasteiger partial charge in [-0.15, -0.1) is 0 Å². The Hall–Kier alpha value is -4.34. The highest BCUT2D eigenvalue weighted by Crippen LogP contribution is 2.47. The Bertz CT molecular complexity index is 1870. The van der Waals surface area contributed by atoms with Crippen LogP contribution in [0.4, 0.5) is 17.6 Å². The second kappa shape index (κ2) is 11.0. The first-order valence-corrected chi connectivity index (χ1v) is 14.9. The molecule has 0 aliphatic carbocycles. The summed E-state index contributed by atoms with van der Waals surface area (Å²) in [6, 6.07) is 11.5. The van der Waals surface area contributed by atoms with Gasteiger partial charge in [0.25, 0.3) is 5.91 Å². The van der Waals surface area contributed by atoms with Gasteiger partial charge in [-0.2, -0.15) is 13.2 Å². The fourth-order valence-corrected chi connectivity index (χ4v) is 5.97. The quantitative estimate of drug-likeness (QED) is 0.249. The van der Waals surface area contributed by atoms with Gasteiger partial charge < -0.3 is 19.9 Å². The van der Waals surface area contributed by atoms with Gasteiger partial charge >= 0.3 is 6.18 Å². The summed E-state index contributed by atoms with van der Waals surface area (Å²) >= 11 is 0. The Balaban J connectivity index is 1.60. The van der Waals surface area contributed by atoms with E-state index in [-0.39, 0.29) is 40.5 Å². The number of fused-ring (bicyclic) bond motifs is 2. The van der Waals surface area contributed by atoms with E-state index in [4.69, 9.17) is 9.47 Å². The minimum absolute atomic E-state index is 0.0481. The van der Waals surface area contributed by atoms with Gasteiger partial charge in [-0.05, 0) is 55.5 Å². The van der Waals surface area contributed by atoms with Crippen molar-refractivity contribution in [3.05, 3.63) is 83.4 Å². The molecule has 3 N–H and O–H groups in total. The highest BCUT2D eigenvalue weighted by atomic mass is 32.2. The number of rotatable bonds is 8. The average molecular weight is 635 g/mol. The molecule has 0 saturated heterocycles. The van der Waals surface area contributed by atoms with Crippen molar-refractivity contribution in [2.24, 2.45) is 0 Å². The van der Waals surface area contributed by atoms with Crippen molar-refractivity contribution in [1.29, 1.82) is 0 Å². The number of amides is 1. The fraction of sp³-hybridized carbons (Fsp3) is 0.276. The largest absolute Gasteiger partial charge is 0.494 e. The van der Waals surface area contributed by atoms with Crippen LogP contribution in [0.3, 0.4) is 0 Å². The number of hydrogen-bond donors (Lipinski definition) is 3. The molecule has 2 aromatic heterocycles. The molecule has 232 valence electrons. The smallest absolute Gasteiger partial charge is 0.424 e. The number of alkyl halides is 3. The van der Waals surface area contributed by atoms with E-state index in [0.29, 0.717) is 10.9 Å². The minimum Gasteiger partial charge on any atom is -0.494 e. The number of nitrogens with zero attached hydrogens (tertiary/aromatic N) is 2. The minimum atomic E-state index is -5.38. The summed E-state index contributed by atoms with van der Waals surface area (Å²) in [5.41, 5.74) is -6.00. The number of carbonyl (C=O) groups excluding carboxylic acids is 1. The first kappa shape index (κ1) is 31.1. The van der Waals surface area contributed by atoms with Gasteiger partial charge in [0.2, 0.25) is 15.6 Å². The molecule has 10 nitrogen and oxygen atoms in total. The number of sulfonamides is 1. The predicted molar refractivity (Wildman–Crippen MR) is 151 cm³/mol. The lowest BCUT2D eigenvalue weighted by Crippen LogP contribution is -2.52. The van der Waals surface area contributed by atoms with Gasteiger partial charge in [-0.3, -0.25) is 9.78 Å². The van der Waals surface area contributed by atoms with Crippen molar-refractivity contribution < 1.29 is 45.4 Å². The number of hydrogen-bond acceptors (Lipinski definition) is 8. The monoisotopic (exact) mass is 634 g/mol. The van der Waals surface area contributed by atoms with Crippen LogP contribution in [0, 0.1) is 5.82 Å². The van der Waals surface area contributed by atoms with Crippen LogP contribution in [-0.2, 0) is 21.2 Å². The highest BCUT2D eigenvalue weighted by Gasteiger charge is 2.57. The van der Waals surface area contributed by atoms with E-state index in [0.717, 1.165) is 24.5 Å². The molecule has 0 radical (unpaired) electrons. The van der Waals surface area contributed by atoms with E-state index in [2.05, 4.69) is 20.0 Å². The van der Waals surface area contributed by atoms with Crippen LogP contribution in [0.2, 0.25) is 0 Å². The van der Waals surface area contributed by atoms with Crippen LogP contribution < -0.4 is 19.5 Å². The summed E-state index contributed by atoms with van der Waals surface area (Å²) in [6.07, 6.45) is -3.00. The van der Waals surface area contributed by atoms with Gasteiger partial charge in [0.05, 0.1) is 31.1 Å². The summed E-state index contributed by atoms with van der Waals surface area (Å²) in [5, 5.41) is 13.9. The van der Waals surface area contributed by atoms with Crippen molar-refractivity contribution in [3.8, 4) is 22.8 Å². The number of nitrogens with one attached hydrogen (secondary N) is 2. The third kappa shape index (κ3) is 5.77. The van der Waals surface area contributed by atoms with Crippen LogP contribution in [-0.4, -0.2) is 62.1 Å². The maximum Gasteiger partial charge on any atom is 0.424 e. The number of benzene rings is 2. The lowest BCUT2D eigenvalue weighted by molar-refractivity contribution is -0.265. The first-order chi connectivity index (χ1) is 20.5. The zero-order valence-electron chi connectivity index (χ0n) is 23.5. The van der Waals surface area contributed by atoms with Gasteiger partial charge in [0, 0.05) is 28.3 Å². The van der Waals surface area contributed by atoms with Crippen LogP contribution in [0.15, 0.2) is 60.8 Å². The van der Waals surface area contributed by atoms with E-state index in [1.807, 2.05) is 0 Å². The number of carbonyl (C=O) groups is 1. The zero-order valence-corrected chi connectivity index (χ0v) is 24.3. The lowest BCUT2D eigenvalue weighted by Gasteiger charge is -2.32. The summed E-state index contributed by atoms with van der Waals surface area (Å²) in [7, 11) is -2.55. The Morgan fingerprint density at radius 3 is 2.50 bits per heavy atom. The molecule has 5 rings (SSSR count). The number of methoxy groups -OCH3 is 1. The van der Waals surface area contributed by atoms with Gasteiger partial charge in [0.1, 0.15) is 29.4 Å². The third-order valence-corrected chi connectivity index (χ3v) is 7.97.